The van der Waals surface area contributed by atoms with Crippen LogP contribution in [-0.4, -0.2) is 16.2 Å². The van der Waals surface area contributed by atoms with Crippen molar-refractivity contribution in [3.05, 3.63) is 0 Å². The van der Waals surface area contributed by atoms with Gasteiger partial charge in [0, 0.05) is 5.54 Å². The quantitative estimate of drug-likeness (QED) is 0.576. The van der Waals surface area contributed by atoms with E-state index in [0.29, 0.717) is 0 Å². The highest BCUT2D eigenvalue weighted by Crippen LogP contribution is 2.36. The highest BCUT2D eigenvalue weighted by Gasteiger charge is 2.44. The molecule has 0 fully saturated rings. The van der Waals surface area contributed by atoms with Crippen LogP contribution in [0.5, 0.6) is 0 Å². The predicted molar refractivity (Wildman–Crippen MR) is 80.7 cm³/mol. The average Bonchev–Trinajstić information content (AvgIpc) is 2.39. The van der Waals surface area contributed by atoms with Gasteiger partial charge in [0.1, 0.15) is 0 Å². The fourth-order valence-electron chi connectivity index (χ4n) is 2.79. The maximum atomic E-state index is 11.1. The van der Waals surface area contributed by atoms with E-state index in [0.717, 1.165) is 64.2 Å². The van der Waals surface area contributed by atoms with E-state index in [1.807, 2.05) is 0 Å². The van der Waals surface area contributed by atoms with Crippen molar-refractivity contribution < 1.29 is 5.11 Å². The van der Waals surface area contributed by atoms with E-state index in [4.69, 9.17) is 5.73 Å². The van der Waals surface area contributed by atoms with Crippen molar-refractivity contribution in [2.75, 3.05) is 0 Å². The summed E-state index contributed by atoms with van der Waals surface area (Å²) in [4.78, 5) is 0. The Kier molecular flexibility index (Phi) is 8.89. The second-order valence-corrected chi connectivity index (χ2v) is 5.85. The number of hydrogen-bond acceptors (Lipinski definition) is 2. The van der Waals surface area contributed by atoms with Gasteiger partial charge in [0.25, 0.3) is 0 Å². The van der Waals surface area contributed by atoms with Gasteiger partial charge in [0.05, 0.1) is 5.60 Å². The van der Waals surface area contributed by atoms with Gasteiger partial charge in [-0.05, 0) is 25.7 Å². The van der Waals surface area contributed by atoms with Crippen LogP contribution in [-0.2, 0) is 0 Å². The van der Waals surface area contributed by atoms with Crippen molar-refractivity contribution in [1.29, 1.82) is 0 Å². The van der Waals surface area contributed by atoms with E-state index < -0.39 is 11.1 Å². The second kappa shape index (κ2) is 8.92. The Morgan fingerprint density at radius 3 is 1.50 bits per heavy atom. The van der Waals surface area contributed by atoms with E-state index in [1.54, 1.807) is 0 Å². The van der Waals surface area contributed by atoms with Crippen molar-refractivity contribution >= 4 is 0 Å². The molecule has 2 heteroatoms. The van der Waals surface area contributed by atoms with Gasteiger partial charge < -0.3 is 10.8 Å². The molecule has 0 bridgehead atoms. The molecule has 1 unspecified atom stereocenters. The molecule has 0 saturated heterocycles. The first-order valence-corrected chi connectivity index (χ1v) is 8.00. The fourth-order valence-corrected chi connectivity index (χ4v) is 2.79. The minimum atomic E-state index is -0.664. The van der Waals surface area contributed by atoms with E-state index in [-0.39, 0.29) is 0 Å². The fraction of sp³-hybridized carbons (Fsp3) is 1.00. The second-order valence-electron chi connectivity index (χ2n) is 5.85. The number of hydrogen-bond donors (Lipinski definition) is 2. The van der Waals surface area contributed by atoms with Crippen molar-refractivity contribution in [2.45, 2.75) is 103 Å². The van der Waals surface area contributed by atoms with Crippen molar-refractivity contribution in [3.63, 3.8) is 0 Å². The summed E-state index contributed by atoms with van der Waals surface area (Å²) in [5.41, 5.74) is 5.53. The van der Waals surface area contributed by atoms with Gasteiger partial charge in [-0.25, -0.2) is 0 Å². The molecule has 0 aliphatic carbocycles. The van der Waals surface area contributed by atoms with Gasteiger partial charge in [0.2, 0.25) is 0 Å². The van der Waals surface area contributed by atoms with Crippen LogP contribution in [0.1, 0.15) is 91.9 Å². The van der Waals surface area contributed by atoms with Crippen LogP contribution in [0, 0.1) is 0 Å². The maximum absolute atomic E-state index is 11.1. The van der Waals surface area contributed by atoms with Gasteiger partial charge in [-0.3, -0.25) is 0 Å². The van der Waals surface area contributed by atoms with Crippen LogP contribution in [0.4, 0.5) is 0 Å². The summed E-state index contributed by atoms with van der Waals surface area (Å²) in [5, 5.41) is 11.1. The lowest BCUT2D eigenvalue weighted by atomic mass is 9.70. The highest BCUT2D eigenvalue weighted by molar-refractivity contribution is 5.02. The normalized spacial score (nSPS) is 15.7. The standard InChI is InChI=1S/C16H35NO/c1-5-9-12-15(17,8-4)16(18,13-10-6-2)14-11-7-3/h18H,5-14,17H2,1-4H3. The third kappa shape index (κ3) is 4.89. The molecule has 0 aromatic rings. The summed E-state index contributed by atoms with van der Waals surface area (Å²) < 4.78 is 0. The molecule has 0 heterocycles. The molecule has 18 heavy (non-hydrogen) atoms. The monoisotopic (exact) mass is 257 g/mol. The summed E-state index contributed by atoms with van der Waals surface area (Å²) in [6, 6.07) is 0. The largest absolute Gasteiger partial charge is 0.388 e. The van der Waals surface area contributed by atoms with E-state index in [1.165, 1.54) is 0 Å². The highest BCUT2D eigenvalue weighted by atomic mass is 16.3. The lowest BCUT2D eigenvalue weighted by Gasteiger charge is -2.45. The number of aliphatic hydroxyl groups is 1. The molecular formula is C16H35NO. The topological polar surface area (TPSA) is 46.2 Å². The van der Waals surface area contributed by atoms with Gasteiger partial charge >= 0.3 is 0 Å². The molecule has 0 spiro atoms. The Labute approximate surface area is 114 Å². The van der Waals surface area contributed by atoms with E-state index in [2.05, 4.69) is 27.7 Å². The Morgan fingerprint density at radius 1 is 0.778 bits per heavy atom. The zero-order valence-corrected chi connectivity index (χ0v) is 13.1. The third-order valence-electron chi connectivity index (χ3n) is 4.42. The van der Waals surface area contributed by atoms with Gasteiger partial charge in [-0.1, -0.05) is 66.2 Å². The van der Waals surface area contributed by atoms with E-state index in [9.17, 15) is 5.11 Å². The molecule has 2 nitrogen and oxygen atoms in total. The molecule has 0 aromatic carbocycles. The molecule has 1 atom stereocenters. The molecule has 0 saturated carbocycles. The lowest BCUT2D eigenvalue weighted by Crippen LogP contribution is -2.60. The average molecular weight is 257 g/mol. The summed E-state index contributed by atoms with van der Waals surface area (Å²) in [6.45, 7) is 8.67. The van der Waals surface area contributed by atoms with Crippen LogP contribution in [0.15, 0.2) is 0 Å². The Balaban J connectivity index is 4.84. The SMILES string of the molecule is CCCCC(N)(CC)C(O)(CCCC)CCCC. The number of unbranched alkanes of at least 4 members (excludes halogenated alkanes) is 3. The summed E-state index contributed by atoms with van der Waals surface area (Å²) in [6.07, 6.45) is 10.2. The predicted octanol–water partition coefficient (Wildman–Crippen LogP) is 4.40. The smallest absolute Gasteiger partial charge is 0.0826 e. The van der Waals surface area contributed by atoms with Crippen molar-refractivity contribution in [3.8, 4) is 0 Å². The van der Waals surface area contributed by atoms with Crippen molar-refractivity contribution in [1.82, 2.24) is 0 Å². The molecule has 0 amide bonds. The first kappa shape index (κ1) is 17.9. The van der Waals surface area contributed by atoms with Gasteiger partial charge in [-0.2, -0.15) is 0 Å². The minimum absolute atomic E-state index is 0.395. The zero-order valence-electron chi connectivity index (χ0n) is 13.1. The van der Waals surface area contributed by atoms with Crippen LogP contribution in [0.25, 0.3) is 0 Å². The van der Waals surface area contributed by atoms with Crippen LogP contribution >= 0.6 is 0 Å². The van der Waals surface area contributed by atoms with Gasteiger partial charge in [0.15, 0.2) is 0 Å². The lowest BCUT2D eigenvalue weighted by molar-refractivity contribution is -0.0594. The van der Waals surface area contributed by atoms with Crippen LogP contribution < -0.4 is 5.73 Å². The molecule has 3 N–H and O–H groups in total. The molecule has 0 aromatic heterocycles. The third-order valence-corrected chi connectivity index (χ3v) is 4.42. The number of nitrogens with two attached hydrogens (primary N) is 1. The molecule has 110 valence electrons. The molecular weight excluding hydrogens is 222 g/mol. The molecule has 0 aliphatic rings. The zero-order chi connectivity index (χ0) is 14.1. The van der Waals surface area contributed by atoms with Crippen molar-refractivity contribution in [2.24, 2.45) is 5.73 Å². The number of rotatable bonds is 11. The Morgan fingerprint density at radius 2 is 1.17 bits per heavy atom. The summed E-state index contributed by atoms with van der Waals surface area (Å²) in [7, 11) is 0. The first-order valence-electron chi connectivity index (χ1n) is 8.00. The Hall–Kier alpha value is -0.0800. The molecule has 0 rings (SSSR count). The minimum Gasteiger partial charge on any atom is -0.388 e. The molecule has 0 aliphatic heterocycles. The van der Waals surface area contributed by atoms with Gasteiger partial charge in [-0.15, -0.1) is 0 Å². The maximum Gasteiger partial charge on any atom is 0.0826 e. The van der Waals surface area contributed by atoms with E-state index >= 15 is 0 Å². The first-order chi connectivity index (χ1) is 8.49. The Bertz CT molecular complexity index is 197. The summed E-state index contributed by atoms with van der Waals surface area (Å²) in [5.74, 6) is 0. The van der Waals surface area contributed by atoms with Crippen LogP contribution in [0.2, 0.25) is 0 Å². The van der Waals surface area contributed by atoms with Crippen LogP contribution in [0.3, 0.4) is 0 Å². The molecule has 0 radical (unpaired) electrons. The summed E-state index contributed by atoms with van der Waals surface area (Å²) >= 11 is 0.